The standard InChI is InChI=1S/C14H18ClNO3S/c1-2-12-3-5-13(6-4-12)11-16-14(17)7-9-20(18,19)10-8-15/h2-6H,1,7-11H2,(H,16,17). The molecule has 4 nitrogen and oxygen atoms in total. The third-order valence-electron chi connectivity index (χ3n) is 2.73. The van der Waals surface area contributed by atoms with Gasteiger partial charge in [-0.05, 0) is 11.1 Å². The summed E-state index contributed by atoms with van der Waals surface area (Å²) in [6.45, 7) is 4.04. The van der Waals surface area contributed by atoms with Crippen molar-refractivity contribution in [1.29, 1.82) is 0 Å². The molecule has 0 aliphatic carbocycles. The van der Waals surface area contributed by atoms with E-state index >= 15 is 0 Å². The van der Waals surface area contributed by atoms with E-state index in [4.69, 9.17) is 11.6 Å². The smallest absolute Gasteiger partial charge is 0.221 e. The number of rotatable bonds is 8. The van der Waals surface area contributed by atoms with E-state index in [0.29, 0.717) is 6.54 Å². The summed E-state index contributed by atoms with van der Waals surface area (Å²) in [5, 5.41) is 2.69. The second-order valence-electron chi connectivity index (χ2n) is 4.31. The molecule has 0 aliphatic heterocycles. The highest BCUT2D eigenvalue weighted by atomic mass is 35.5. The maximum atomic E-state index is 11.6. The van der Waals surface area contributed by atoms with Crippen molar-refractivity contribution in [3.8, 4) is 0 Å². The maximum absolute atomic E-state index is 11.6. The zero-order chi connectivity index (χ0) is 15.0. The van der Waals surface area contributed by atoms with Crippen LogP contribution in [0, 0.1) is 0 Å². The van der Waals surface area contributed by atoms with E-state index in [2.05, 4.69) is 11.9 Å². The van der Waals surface area contributed by atoms with Gasteiger partial charge in [-0.2, -0.15) is 0 Å². The second-order valence-corrected chi connectivity index (χ2v) is 6.99. The van der Waals surface area contributed by atoms with Crippen LogP contribution in [0.1, 0.15) is 17.5 Å². The lowest BCUT2D eigenvalue weighted by atomic mass is 10.1. The van der Waals surface area contributed by atoms with Crippen LogP contribution < -0.4 is 5.32 Å². The third-order valence-corrected chi connectivity index (χ3v) is 4.80. The lowest BCUT2D eigenvalue weighted by molar-refractivity contribution is -0.120. The van der Waals surface area contributed by atoms with Gasteiger partial charge in [-0.1, -0.05) is 36.9 Å². The first-order valence-corrected chi connectivity index (χ1v) is 8.57. The molecule has 0 fully saturated rings. The predicted molar refractivity (Wildman–Crippen MR) is 82.4 cm³/mol. The number of sulfone groups is 1. The first-order chi connectivity index (χ1) is 9.46. The van der Waals surface area contributed by atoms with E-state index in [1.165, 1.54) is 0 Å². The molecule has 0 heterocycles. The summed E-state index contributed by atoms with van der Waals surface area (Å²) in [5.74, 6) is -0.484. The van der Waals surface area contributed by atoms with Gasteiger partial charge in [-0.3, -0.25) is 4.79 Å². The van der Waals surface area contributed by atoms with Gasteiger partial charge in [0.2, 0.25) is 5.91 Å². The summed E-state index contributed by atoms with van der Waals surface area (Å²) in [6.07, 6.45) is 1.70. The molecule has 0 unspecified atom stereocenters. The number of carbonyl (C=O) groups excluding carboxylic acids is 1. The fourth-order valence-electron chi connectivity index (χ4n) is 1.53. The molecule has 1 N–H and O–H groups in total. The van der Waals surface area contributed by atoms with E-state index in [1.807, 2.05) is 24.3 Å². The van der Waals surface area contributed by atoms with Crippen LogP contribution in [0.3, 0.4) is 0 Å². The Kier molecular flexibility index (Phi) is 6.75. The molecule has 0 spiro atoms. The van der Waals surface area contributed by atoms with Gasteiger partial charge in [0.25, 0.3) is 0 Å². The van der Waals surface area contributed by atoms with E-state index in [-0.39, 0.29) is 29.7 Å². The Hall–Kier alpha value is -1.33. The number of benzene rings is 1. The molecular formula is C14H18ClNO3S. The SMILES string of the molecule is C=Cc1ccc(CNC(=O)CCS(=O)(=O)CCCl)cc1. The average molecular weight is 316 g/mol. The first-order valence-electron chi connectivity index (χ1n) is 6.21. The summed E-state index contributed by atoms with van der Waals surface area (Å²) >= 11 is 5.38. The molecule has 0 radical (unpaired) electrons. The zero-order valence-corrected chi connectivity index (χ0v) is 12.7. The van der Waals surface area contributed by atoms with Crippen LogP contribution in [0.4, 0.5) is 0 Å². The number of alkyl halides is 1. The largest absolute Gasteiger partial charge is 0.352 e. The van der Waals surface area contributed by atoms with Gasteiger partial charge in [0.15, 0.2) is 9.84 Å². The Morgan fingerprint density at radius 3 is 2.45 bits per heavy atom. The monoisotopic (exact) mass is 315 g/mol. The summed E-state index contributed by atoms with van der Waals surface area (Å²) in [6, 6.07) is 7.59. The number of nitrogens with one attached hydrogen (secondary N) is 1. The van der Waals surface area contributed by atoms with Crippen LogP contribution in [-0.4, -0.2) is 31.7 Å². The van der Waals surface area contributed by atoms with Crippen molar-refractivity contribution < 1.29 is 13.2 Å². The predicted octanol–water partition coefficient (Wildman–Crippen LogP) is 1.99. The van der Waals surface area contributed by atoms with Crippen molar-refractivity contribution >= 4 is 33.4 Å². The lowest BCUT2D eigenvalue weighted by Gasteiger charge is -2.06. The van der Waals surface area contributed by atoms with Crippen molar-refractivity contribution in [3.05, 3.63) is 42.0 Å². The van der Waals surface area contributed by atoms with Gasteiger partial charge >= 0.3 is 0 Å². The average Bonchev–Trinajstić information content (AvgIpc) is 2.43. The molecule has 20 heavy (non-hydrogen) atoms. The molecule has 1 aromatic rings. The van der Waals surface area contributed by atoms with E-state index in [9.17, 15) is 13.2 Å². The quantitative estimate of drug-likeness (QED) is 0.746. The molecule has 0 saturated carbocycles. The van der Waals surface area contributed by atoms with E-state index in [1.54, 1.807) is 6.08 Å². The van der Waals surface area contributed by atoms with Crippen molar-refractivity contribution in [2.45, 2.75) is 13.0 Å². The fraction of sp³-hybridized carbons (Fsp3) is 0.357. The normalized spacial score (nSPS) is 11.1. The number of hydrogen-bond acceptors (Lipinski definition) is 3. The molecule has 0 bridgehead atoms. The highest BCUT2D eigenvalue weighted by Crippen LogP contribution is 2.05. The summed E-state index contributed by atoms with van der Waals surface area (Å²) < 4.78 is 22.8. The first kappa shape index (κ1) is 16.7. The number of halogens is 1. The molecule has 0 aliphatic rings. The van der Waals surface area contributed by atoms with Gasteiger partial charge in [-0.25, -0.2) is 8.42 Å². The van der Waals surface area contributed by atoms with Crippen molar-refractivity contribution in [1.82, 2.24) is 5.32 Å². The number of carbonyl (C=O) groups is 1. The molecule has 1 aromatic carbocycles. The van der Waals surface area contributed by atoms with Crippen LogP contribution in [0.25, 0.3) is 6.08 Å². The number of hydrogen-bond donors (Lipinski definition) is 1. The van der Waals surface area contributed by atoms with Gasteiger partial charge in [0.05, 0.1) is 11.5 Å². The van der Waals surface area contributed by atoms with E-state index < -0.39 is 9.84 Å². The van der Waals surface area contributed by atoms with Crippen LogP contribution in [0.15, 0.2) is 30.8 Å². The van der Waals surface area contributed by atoms with Crippen LogP contribution in [0.2, 0.25) is 0 Å². The summed E-state index contributed by atoms with van der Waals surface area (Å²) in [4.78, 5) is 11.6. The van der Waals surface area contributed by atoms with Crippen LogP contribution >= 0.6 is 11.6 Å². The van der Waals surface area contributed by atoms with Crippen molar-refractivity contribution in [2.24, 2.45) is 0 Å². The Bertz CT molecular complexity index is 552. The minimum absolute atomic E-state index is 0.0377. The lowest BCUT2D eigenvalue weighted by Crippen LogP contribution is -2.26. The highest BCUT2D eigenvalue weighted by Gasteiger charge is 2.12. The van der Waals surface area contributed by atoms with Gasteiger partial charge in [-0.15, -0.1) is 11.6 Å². The van der Waals surface area contributed by atoms with Gasteiger partial charge in [0.1, 0.15) is 0 Å². The molecule has 110 valence electrons. The van der Waals surface area contributed by atoms with Crippen molar-refractivity contribution in [3.63, 3.8) is 0 Å². The van der Waals surface area contributed by atoms with Gasteiger partial charge < -0.3 is 5.32 Å². The minimum Gasteiger partial charge on any atom is -0.352 e. The Balaban J connectivity index is 2.37. The third kappa shape index (κ3) is 6.21. The maximum Gasteiger partial charge on any atom is 0.221 e. The van der Waals surface area contributed by atoms with Crippen LogP contribution in [-0.2, 0) is 21.2 Å². The molecular weight excluding hydrogens is 298 g/mol. The van der Waals surface area contributed by atoms with Crippen LogP contribution in [0.5, 0.6) is 0 Å². The molecule has 0 saturated heterocycles. The van der Waals surface area contributed by atoms with Gasteiger partial charge in [0, 0.05) is 18.8 Å². The van der Waals surface area contributed by atoms with Crippen molar-refractivity contribution in [2.75, 3.05) is 17.4 Å². The molecule has 0 atom stereocenters. The molecule has 0 aromatic heterocycles. The highest BCUT2D eigenvalue weighted by molar-refractivity contribution is 7.91. The molecule has 6 heteroatoms. The molecule has 1 rings (SSSR count). The second kappa shape index (κ2) is 8.07. The number of amides is 1. The topological polar surface area (TPSA) is 63.2 Å². The minimum atomic E-state index is -3.22. The van der Waals surface area contributed by atoms with E-state index in [0.717, 1.165) is 11.1 Å². The Morgan fingerprint density at radius 1 is 1.25 bits per heavy atom. The zero-order valence-electron chi connectivity index (χ0n) is 11.1. The Morgan fingerprint density at radius 2 is 1.90 bits per heavy atom. The fourth-order valence-corrected chi connectivity index (χ4v) is 3.17. The summed E-state index contributed by atoms with van der Waals surface area (Å²) in [5.41, 5.74) is 1.96. The molecule has 1 amide bonds. The Labute approximate surface area is 124 Å². The summed E-state index contributed by atoms with van der Waals surface area (Å²) in [7, 11) is -3.22.